The number of benzene rings is 1. The molecule has 7 nitrogen and oxygen atoms in total. The molecule has 2 N–H and O–H groups in total. The van der Waals surface area contributed by atoms with Gasteiger partial charge in [0.15, 0.2) is 0 Å². The van der Waals surface area contributed by atoms with Crippen LogP contribution in [0, 0.1) is 0 Å². The second-order valence-corrected chi connectivity index (χ2v) is 7.53. The largest absolute Gasteiger partial charge is 0.379 e. The molecule has 0 spiro atoms. The first-order valence-corrected chi connectivity index (χ1v) is 9.63. The van der Waals surface area contributed by atoms with E-state index in [-0.39, 0.29) is 10.8 Å². The average molecular weight is 355 g/mol. The van der Waals surface area contributed by atoms with Crippen LogP contribution in [0.4, 0.5) is 5.69 Å². The zero-order chi connectivity index (χ0) is 17.4. The number of hydrogen-bond acceptors (Lipinski definition) is 5. The summed E-state index contributed by atoms with van der Waals surface area (Å²) in [6.07, 6.45) is 1.74. The number of rotatable bonds is 8. The van der Waals surface area contributed by atoms with E-state index in [0.29, 0.717) is 12.2 Å². The summed E-state index contributed by atoms with van der Waals surface area (Å²) in [6, 6.07) is 6.13. The van der Waals surface area contributed by atoms with E-state index in [1.165, 1.54) is 19.1 Å². The minimum atomic E-state index is -3.51. The van der Waals surface area contributed by atoms with Crippen LogP contribution >= 0.6 is 0 Å². The third kappa shape index (κ3) is 6.20. The molecule has 0 unspecified atom stereocenters. The van der Waals surface area contributed by atoms with Gasteiger partial charge in [0.05, 0.1) is 18.1 Å². The predicted octanol–water partition coefficient (Wildman–Crippen LogP) is 1.04. The molecule has 1 aliphatic rings. The van der Waals surface area contributed by atoms with Gasteiger partial charge in [0.1, 0.15) is 0 Å². The molecule has 1 fully saturated rings. The molecule has 1 heterocycles. The summed E-state index contributed by atoms with van der Waals surface area (Å²) in [6.45, 7) is 6.25. The van der Waals surface area contributed by atoms with Crippen molar-refractivity contribution >= 4 is 21.6 Å². The maximum absolute atomic E-state index is 12.2. The molecular formula is C16H25N3O4S. The Balaban J connectivity index is 1.73. The van der Waals surface area contributed by atoms with Crippen LogP contribution in [0.25, 0.3) is 0 Å². The number of anilines is 1. The van der Waals surface area contributed by atoms with Gasteiger partial charge in [-0.15, -0.1) is 0 Å². The lowest BCUT2D eigenvalue weighted by atomic mass is 10.3. The fourth-order valence-corrected chi connectivity index (χ4v) is 3.57. The molecule has 0 atom stereocenters. The van der Waals surface area contributed by atoms with E-state index in [1.807, 2.05) is 0 Å². The molecule has 24 heavy (non-hydrogen) atoms. The van der Waals surface area contributed by atoms with Crippen molar-refractivity contribution in [3.8, 4) is 0 Å². The smallest absolute Gasteiger partial charge is 0.240 e. The monoisotopic (exact) mass is 355 g/mol. The summed E-state index contributed by atoms with van der Waals surface area (Å²) in [5, 5.41) is 2.61. The second-order valence-electron chi connectivity index (χ2n) is 5.76. The number of ether oxygens (including phenoxy) is 1. The third-order valence-electron chi connectivity index (χ3n) is 3.78. The van der Waals surface area contributed by atoms with Crippen molar-refractivity contribution in [3.05, 3.63) is 24.3 Å². The number of nitrogens with one attached hydrogen (secondary N) is 2. The SMILES string of the molecule is CC(=O)Nc1ccc(S(=O)(=O)NCCCCN2CCOCC2)cc1. The standard InChI is InChI=1S/C16H25N3O4S/c1-14(20)18-15-4-6-16(7-5-15)24(21,22)17-8-2-3-9-19-10-12-23-13-11-19/h4-7,17H,2-3,8-13H2,1H3,(H,18,20). The van der Waals surface area contributed by atoms with E-state index in [2.05, 4.69) is 14.9 Å². The molecule has 1 aliphatic heterocycles. The van der Waals surface area contributed by atoms with Gasteiger partial charge in [0, 0.05) is 32.2 Å². The fourth-order valence-electron chi connectivity index (χ4n) is 2.50. The highest BCUT2D eigenvalue weighted by molar-refractivity contribution is 7.89. The Kier molecular flexibility index (Phi) is 7.16. The van der Waals surface area contributed by atoms with Crippen molar-refractivity contribution in [2.45, 2.75) is 24.7 Å². The predicted molar refractivity (Wildman–Crippen MR) is 92.4 cm³/mol. The quantitative estimate of drug-likeness (QED) is 0.680. The van der Waals surface area contributed by atoms with Crippen LogP contribution in [0.5, 0.6) is 0 Å². The minimum absolute atomic E-state index is 0.191. The van der Waals surface area contributed by atoms with Gasteiger partial charge >= 0.3 is 0 Å². The first-order valence-electron chi connectivity index (χ1n) is 8.15. The van der Waals surface area contributed by atoms with E-state index in [4.69, 9.17) is 4.74 Å². The van der Waals surface area contributed by atoms with E-state index < -0.39 is 10.0 Å². The van der Waals surface area contributed by atoms with Crippen LogP contribution in [0.1, 0.15) is 19.8 Å². The van der Waals surface area contributed by atoms with Gasteiger partial charge in [0.2, 0.25) is 15.9 Å². The van der Waals surface area contributed by atoms with E-state index >= 15 is 0 Å². The molecule has 2 rings (SSSR count). The molecule has 1 saturated heterocycles. The van der Waals surface area contributed by atoms with Crippen molar-refractivity contribution < 1.29 is 17.9 Å². The lowest BCUT2D eigenvalue weighted by Gasteiger charge is -2.26. The Morgan fingerprint density at radius 1 is 1.17 bits per heavy atom. The molecule has 0 saturated carbocycles. The van der Waals surface area contributed by atoms with Gasteiger partial charge in [-0.2, -0.15) is 0 Å². The number of nitrogens with zero attached hydrogens (tertiary/aromatic N) is 1. The summed E-state index contributed by atoms with van der Waals surface area (Å²) in [5.74, 6) is -0.191. The fraction of sp³-hybridized carbons (Fsp3) is 0.562. The summed E-state index contributed by atoms with van der Waals surface area (Å²) >= 11 is 0. The molecule has 134 valence electrons. The lowest BCUT2D eigenvalue weighted by Crippen LogP contribution is -2.37. The summed E-state index contributed by atoms with van der Waals surface area (Å²) in [5.41, 5.74) is 0.576. The van der Waals surface area contributed by atoms with Crippen LogP contribution in [-0.4, -0.2) is 58.6 Å². The van der Waals surface area contributed by atoms with Gasteiger partial charge in [-0.25, -0.2) is 13.1 Å². The highest BCUT2D eigenvalue weighted by atomic mass is 32.2. The first kappa shape index (κ1) is 18.9. The number of hydrogen-bond donors (Lipinski definition) is 2. The van der Waals surface area contributed by atoms with Crippen LogP contribution in [0.2, 0.25) is 0 Å². The molecule has 0 bridgehead atoms. The lowest BCUT2D eigenvalue weighted by molar-refractivity contribution is -0.114. The Hall–Kier alpha value is -1.48. The van der Waals surface area contributed by atoms with Crippen molar-refractivity contribution in [3.63, 3.8) is 0 Å². The zero-order valence-electron chi connectivity index (χ0n) is 14.0. The van der Waals surface area contributed by atoms with Gasteiger partial charge in [-0.1, -0.05) is 0 Å². The number of morpholine rings is 1. The molecule has 0 radical (unpaired) electrons. The normalized spacial score (nSPS) is 16.0. The van der Waals surface area contributed by atoms with Crippen molar-refractivity contribution in [2.24, 2.45) is 0 Å². The van der Waals surface area contributed by atoms with Gasteiger partial charge in [-0.05, 0) is 43.7 Å². The van der Waals surface area contributed by atoms with Crippen molar-refractivity contribution in [1.29, 1.82) is 0 Å². The van der Waals surface area contributed by atoms with Crippen molar-refractivity contribution in [1.82, 2.24) is 9.62 Å². The van der Waals surface area contributed by atoms with E-state index in [9.17, 15) is 13.2 Å². The van der Waals surface area contributed by atoms with Crippen LogP contribution in [0.3, 0.4) is 0 Å². The number of carbonyl (C=O) groups is 1. The maximum atomic E-state index is 12.2. The second kappa shape index (κ2) is 9.12. The van der Waals surface area contributed by atoms with Gasteiger partial charge < -0.3 is 10.1 Å². The van der Waals surface area contributed by atoms with Crippen LogP contribution in [0.15, 0.2) is 29.2 Å². The summed E-state index contributed by atoms with van der Waals surface area (Å²) in [7, 11) is -3.51. The summed E-state index contributed by atoms with van der Waals surface area (Å²) in [4.78, 5) is 13.5. The summed E-state index contributed by atoms with van der Waals surface area (Å²) < 4.78 is 32.3. The van der Waals surface area contributed by atoms with E-state index in [0.717, 1.165) is 45.7 Å². The Morgan fingerprint density at radius 3 is 2.46 bits per heavy atom. The van der Waals surface area contributed by atoms with Crippen LogP contribution in [-0.2, 0) is 19.6 Å². The third-order valence-corrected chi connectivity index (χ3v) is 5.26. The minimum Gasteiger partial charge on any atom is -0.379 e. The maximum Gasteiger partial charge on any atom is 0.240 e. The molecule has 0 aliphatic carbocycles. The highest BCUT2D eigenvalue weighted by Gasteiger charge is 2.14. The molecule has 0 aromatic heterocycles. The van der Waals surface area contributed by atoms with Gasteiger partial charge in [0.25, 0.3) is 0 Å². The van der Waals surface area contributed by atoms with Crippen molar-refractivity contribution in [2.75, 3.05) is 44.7 Å². The van der Waals surface area contributed by atoms with Gasteiger partial charge in [-0.3, -0.25) is 9.69 Å². The number of unbranched alkanes of at least 4 members (excludes halogenated alkanes) is 1. The number of carbonyl (C=O) groups excluding carboxylic acids is 1. The molecule has 8 heteroatoms. The highest BCUT2D eigenvalue weighted by Crippen LogP contribution is 2.14. The zero-order valence-corrected chi connectivity index (χ0v) is 14.8. The molecule has 1 amide bonds. The molecule has 1 aromatic carbocycles. The Labute approximate surface area is 143 Å². The molecular weight excluding hydrogens is 330 g/mol. The number of sulfonamides is 1. The Bertz CT molecular complexity index is 625. The van der Waals surface area contributed by atoms with Crippen LogP contribution < -0.4 is 10.0 Å². The Morgan fingerprint density at radius 2 is 1.83 bits per heavy atom. The van der Waals surface area contributed by atoms with E-state index in [1.54, 1.807) is 12.1 Å². The number of amides is 1. The topological polar surface area (TPSA) is 87.7 Å². The first-order chi connectivity index (χ1) is 11.5. The average Bonchev–Trinajstić information content (AvgIpc) is 2.55. The molecule has 1 aromatic rings.